The fourth-order valence-corrected chi connectivity index (χ4v) is 4.83. The summed E-state index contributed by atoms with van der Waals surface area (Å²) in [7, 11) is -1.55. The van der Waals surface area contributed by atoms with E-state index in [1.807, 2.05) is 23.0 Å². The van der Waals surface area contributed by atoms with Crippen LogP contribution in [-0.2, 0) is 4.18 Å². The molecule has 102 valence electrons. The lowest BCUT2D eigenvalue weighted by Gasteiger charge is -2.41. The summed E-state index contributed by atoms with van der Waals surface area (Å²) in [6.07, 6.45) is 7.54. The molecule has 2 rings (SSSR count). The van der Waals surface area contributed by atoms with Gasteiger partial charge in [-0.2, -0.15) is 12.6 Å². The van der Waals surface area contributed by atoms with E-state index in [2.05, 4.69) is 31.8 Å². The summed E-state index contributed by atoms with van der Waals surface area (Å²) in [6, 6.07) is 0. The van der Waals surface area contributed by atoms with E-state index in [0.29, 0.717) is 5.25 Å². The summed E-state index contributed by atoms with van der Waals surface area (Å²) in [5.41, 5.74) is 0. The third kappa shape index (κ3) is 2.72. The third-order valence-corrected chi connectivity index (χ3v) is 7.39. The molecule has 0 spiro atoms. The molecular weight excluding hydrogens is 266 g/mol. The first kappa shape index (κ1) is 13.9. The fraction of sp³-hybridized carbons (Fsp3) is 0.615. The van der Waals surface area contributed by atoms with Gasteiger partial charge in [-0.3, -0.25) is 0 Å². The smallest absolute Gasteiger partial charge is 0.391 e. The molecule has 0 bridgehead atoms. The van der Waals surface area contributed by atoms with Gasteiger partial charge in [-0.05, 0) is 46.8 Å². The summed E-state index contributed by atoms with van der Waals surface area (Å²) in [5, 5.41) is 7.29. The molecule has 1 aliphatic heterocycles. The lowest BCUT2D eigenvalue weighted by atomic mass is 9.92. The van der Waals surface area contributed by atoms with Crippen LogP contribution >= 0.6 is 22.9 Å². The van der Waals surface area contributed by atoms with Crippen LogP contribution in [0.4, 0.5) is 4.79 Å². The number of rotatable bonds is 4. The number of carbonyl (C=O) groups is 1. The summed E-state index contributed by atoms with van der Waals surface area (Å²) in [6.45, 7) is 4.25. The predicted octanol–water partition coefficient (Wildman–Crippen LogP) is 4.08. The maximum Gasteiger partial charge on any atom is 0.419 e. The van der Waals surface area contributed by atoms with E-state index < -0.39 is 10.3 Å². The fourth-order valence-electron chi connectivity index (χ4n) is 2.03. The van der Waals surface area contributed by atoms with Gasteiger partial charge in [0.05, 0.1) is 4.87 Å². The van der Waals surface area contributed by atoms with Gasteiger partial charge < -0.3 is 9.50 Å². The van der Waals surface area contributed by atoms with Crippen LogP contribution in [0, 0.1) is 0 Å². The topological polar surface area (TPSA) is 38.3 Å². The zero-order chi connectivity index (χ0) is 13.2. The third-order valence-electron chi connectivity index (χ3n) is 3.63. The second kappa shape index (κ2) is 5.21. The molecule has 1 unspecified atom stereocenters. The normalized spacial score (nSPS) is 26.2. The van der Waals surface area contributed by atoms with Gasteiger partial charge in [0.25, 0.3) is 0 Å². The van der Waals surface area contributed by atoms with Crippen molar-refractivity contribution in [2.75, 3.05) is 0 Å². The second-order valence-electron chi connectivity index (χ2n) is 4.95. The highest BCUT2D eigenvalue weighted by molar-refractivity contribution is 8.35. The van der Waals surface area contributed by atoms with Crippen LogP contribution in [0.15, 0.2) is 23.0 Å². The molecule has 3 nitrogen and oxygen atoms in total. The molecule has 1 atom stereocenters. The maximum atomic E-state index is 12.0. The number of carbonyl (C=O) groups excluding carboxylic acids is 1. The van der Waals surface area contributed by atoms with Gasteiger partial charge in [-0.25, -0.2) is 4.79 Å². The van der Waals surface area contributed by atoms with Crippen molar-refractivity contribution in [2.45, 2.75) is 49.7 Å². The Kier molecular flexibility index (Phi) is 4.02. The van der Waals surface area contributed by atoms with Gasteiger partial charge in [0.1, 0.15) is 0 Å². The summed E-state index contributed by atoms with van der Waals surface area (Å²) in [5.74, 6) is 0. The SMILES string of the molecule is CCC(C)S1(OC(=O)NC2(S)CCC2)C=CC=C1. The summed E-state index contributed by atoms with van der Waals surface area (Å²) < 4.78 is 5.73. The van der Waals surface area contributed by atoms with E-state index in [4.69, 9.17) is 4.18 Å². The molecule has 1 heterocycles. The van der Waals surface area contributed by atoms with Crippen LogP contribution in [0.25, 0.3) is 0 Å². The molecule has 0 radical (unpaired) electrons. The first-order chi connectivity index (χ1) is 8.50. The Hall–Kier alpha value is -0.550. The highest BCUT2D eigenvalue weighted by Gasteiger charge is 2.37. The number of thiol groups is 1. The lowest BCUT2D eigenvalue weighted by molar-refractivity contribution is 0.188. The molecule has 0 aromatic heterocycles. The van der Waals surface area contributed by atoms with Crippen molar-refractivity contribution in [1.29, 1.82) is 0 Å². The Morgan fingerprint density at radius 1 is 1.50 bits per heavy atom. The van der Waals surface area contributed by atoms with Gasteiger partial charge in [0, 0.05) is 5.25 Å². The van der Waals surface area contributed by atoms with Crippen molar-refractivity contribution in [1.82, 2.24) is 5.32 Å². The van der Waals surface area contributed by atoms with Gasteiger partial charge >= 0.3 is 6.09 Å². The number of allylic oxidation sites excluding steroid dienone is 2. The molecule has 5 heteroatoms. The number of hydrogen-bond donors (Lipinski definition) is 2. The molecule has 1 N–H and O–H groups in total. The lowest BCUT2D eigenvalue weighted by Crippen LogP contribution is -2.49. The van der Waals surface area contributed by atoms with Crippen LogP contribution < -0.4 is 5.32 Å². The van der Waals surface area contributed by atoms with E-state index in [9.17, 15) is 4.79 Å². The summed E-state index contributed by atoms with van der Waals surface area (Å²) >= 11 is 4.47. The Bertz CT molecular complexity index is 376. The van der Waals surface area contributed by atoms with Crippen LogP contribution in [0.1, 0.15) is 39.5 Å². The quantitative estimate of drug-likeness (QED) is 0.604. The van der Waals surface area contributed by atoms with Crippen molar-refractivity contribution < 1.29 is 8.98 Å². The van der Waals surface area contributed by atoms with Crippen LogP contribution in [0.2, 0.25) is 0 Å². The highest BCUT2D eigenvalue weighted by atomic mass is 32.3. The monoisotopic (exact) mass is 287 g/mol. The Morgan fingerprint density at radius 2 is 2.11 bits per heavy atom. The standard InChI is InChI=1S/C13H21NO2S2/c1-3-11(2)18(9-4-5-10-18)16-12(15)14-13(17)7-6-8-13/h4-5,9-11,17H,3,6-8H2,1-2H3,(H,14,15). The van der Waals surface area contributed by atoms with Gasteiger partial charge in [0.15, 0.2) is 0 Å². The van der Waals surface area contributed by atoms with Crippen molar-refractivity contribution in [2.24, 2.45) is 0 Å². The number of amides is 1. The van der Waals surface area contributed by atoms with E-state index in [-0.39, 0.29) is 11.0 Å². The van der Waals surface area contributed by atoms with Crippen LogP contribution in [0.5, 0.6) is 0 Å². The van der Waals surface area contributed by atoms with E-state index >= 15 is 0 Å². The molecule has 1 saturated carbocycles. The molecule has 1 fully saturated rings. The molecule has 0 saturated heterocycles. The minimum Gasteiger partial charge on any atom is -0.391 e. The largest absolute Gasteiger partial charge is 0.419 e. The number of nitrogens with one attached hydrogen (secondary N) is 1. The Balaban J connectivity index is 1.99. The predicted molar refractivity (Wildman–Crippen MR) is 80.8 cm³/mol. The zero-order valence-corrected chi connectivity index (χ0v) is 12.6. The van der Waals surface area contributed by atoms with E-state index in [1.165, 1.54) is 0 Å². The first-order valence-corrected chi connectivity index (χ1v) is 8.60. The van der Waals surface area contributed by atoms with Gasteiger partial charge in [-0.15, -0.1) is 0 Å². The average Bonchev–Trinajstić information content (AvgIpc) is 2.75. The molecule has 2 aliphatic rings. The first-order valence-electron chi connectivity index (χ1n) is 6.41. The molecule has 18 heavy (non-hydrogen) atoms. The Labute approximate surface area is 116 Å². The minimum atomic E-state index is -1.55. The Morgan fingerprint density at radius 3 is 2.56 bits per heavy atom. The average molecular weight is 287 g/mol. The second-order valence-corrected chi connectivity index (χ2v) is 8.72. The highest BCUT2D eigenvalue weighted by Crippen LogP contribution is 2.60. The number of hydrogen-bond acceptors (Lipinski definition) is 3. The molecular formula is C13H21NO2S2. The molecule has 1 aliphatic carbocycles. The molecule has 0 aromatic carbocycles. The molecule has 1 amide bonds. The van der Waals surface area contributed by atoms with E-state index in [0.717, 1.165) is 25.7 Å². The van der Waals surface area contributed by atoms with Crippen molar-refractivity contribution >= 4 is 29.0 Å². The van der Waals surface area contributed by atoms with Gasteiger partial charge in [-0.1, -0.05) is 26.0 Å². The van der Waals surface area contributed by atoms with E-state index in [1.54, 1.807) is 0 Å². The van der Waals surface area contributed by atoms with Crippen molar-refractivity contribution in [3.05, 3.63) is 23.0 Å². The zero-order valence-electron chi connectivity index (χ0n) is 10.9. The maximum absolute atomic E-state index is 12.0. The van der Waals surface area contributed by atoms with Crippen LogP contribution in [-0.4, -0.2) is 16.2 Å². The van der Waals surface area contributed by atoms with Crippen LogP contribution in [0.3, 0.4) is 0 Å². The van der Waals surface area contributed by atoms with Crippen molar-refractivity contribution in [3.63, 3.8) is 0 Å². The molecule has 0 aromatic rings. The minimum absolute atomic E-state index is 0.337. The van der Waals surface area contributed by atoms with Crippen molar-refractivity contribution in [3.8, 4) is 0 Å². The van der Waals surface area contributed by atoms with Gasteiger partial charge in [0.2, 0.25) is 0 Å². The summed E-state index contributed by atoms with van der Waals surface area (Å²) in [4.78, 5) is 11.7.